The van der Waals surface area contributed by atoms with E-state index >= 15 is 0 Å². The molecule has 1 N–H and O–H groups in total. The molecule has 9 nitrogen and oxygen atoms in total. The van der Waals surface area contributed by atoms with Crippen molar-refractivity contribution >= 4 is 17.7 Å². The number of amides is 2. The van der Waals surface area contributed by atoms with Gasteiger partial charge in [-0.15, -0.1) is 0 Å². The van der Waals surface area contributed by atoms with Gasteiger partial charge in [-0.05, 0) is 54.8 Å². The van der Waals surface area contributed by atoms with E-state index in [1.165, 1.54) is 0 Å². The van der Waals surface area contributed by atoms with Crippen LogP contribution in [-0.4, -0.2) is 63.1 Å². The molecule has 0 aromatic heterocycles. The lowest BCUT2D eigenvalue weighted by atomic mass is 9.80. The zero-order valence-electron chi connectivity index (χ0n) is 19.4. The molecule has 9 heteroatoms. The number of rotatable bonds is 6. The third kappa shape index (κ3) is 4.35. The summed E-state index contributed by atoms with van der Waals surface area (Å²) in [6.07, 6.45) is 0.943. The Morgan fingerprint density at radius 1 is 1.12 bits per heavy atom. The number of carbonyl (C=O) groups excluding carboxylic acids is 2. The number of hydrogen-bond acceptors (Lipinski definition) is 7. The van der Waals surface area contributed by atoms with Crippen LogP contribution >= 0.6 is 0 Å². The van der Waals surface area contributed by atoms with Gasteiger partial charge in [-0.3, -0.25) is 14.6 Å². The number of methoxy groups -OCH3 is 1. The number of piperidine rings is 1. The van der Waals surface area contributed by atoms with Gasteiger partial charge in [-0.2, -0.15) is 0 Å². The fourth-order valence-corrected chi connectivity index (χ4v) is 5.01. The van der Waals surface area contributed by atoms with E-state index in [0.29, 0.717) is 18.8 Å². The summed E-state index contributed by atoms with van der Waals surface area (Å²) in [6.45, 7) is 4.45. The fraction of sp³-hybridized carbons (Fsp3) is 0.440. The average Bonchev–Trinajstić information content (AvgIpc) is 3.46. The summed E-state index contributed by atoms with van der Waals surface area (Å²) in [7, 11) is 1.61. The monoisotopic (exact) mass is 467 g/mol. The third-order valence-electron chi connectivity index (χ3n) is 6.77. The van der Waals surface area contributed by atoms with Gasteiger partial charge in [0.25, 0.3) is 0 Å². The van der Waals surface area contributed by atoms with E-state index in [1.54, 1.807) is 18.9 Å². The zero-order valence-corrected chi connectivity index (χ0v) is 19.4. The first-order chi connectivity index (χ1) is 16.5. The van der Waals surface area contributed by atoms with Crippen molar-refractivity contribution in [2.24, 2.45) is 0 Å². The molecule has 3 heterocycles. The number of hydrogen-bond donors (Lipinski definition) is 1. The van der Waals surface area contributed by atoms with Gasteiger partial charge in [0.1, 0.15) is 11.9 Å². The van der Waals surface area contributed by atoms with Crippen molar-refractivity contribution in [2.75, 3.05) is 45.0 Å². The number of cyclic esters (lactones) is 1. The number of nitrogens with zero attached hydrogens (tertiary/aromatic N) is 2. The molecule has 2 saturated heterocycles. The molecule has 2 fully saturated rings. The van der Waals surface area contributed by atoms with Crippen LogP contribution in [0.2, 0.25) is 0 Å². The first kappa shape index (κ1) is 22.3. The topological polar surface area (TPSA) is 89.6 Å². The van der Waals surface area contributed by atoms with Crippen LogP contribution in [0.15, 0.2) is 42.5 Å². The molecule has 0 radical (unpaired) electrons. The van der Waals surface area contributed by atoms with E-state index in [9.17, 15) is 9.59 Å². The zero-order chi connectivity index (χ0) is 23.7. The number of nitrogens with one attached hydrogen (secondary N) is 1. The van der Waals surface area contributed by atoms with Crippen LogP contribution in [0, 0.1) is 0 Å². The maximum atomic E-state index is 12.5. The van der Waals surface area contributed by atoms with Crippen LogP contribution in [0.25, 0.3) is 0 Å². The predicted octanol–water partition coefficient (Wildman–Crippen LogP) is 2.88. The lowest BCUT2D eigenvalue weighted by Gasteiger charge is -2.43. The van der Waals surface area contributed by atoms with E-state index in [2.05, 4.69) is 10.2 Å². The number of fused-ring (bicyclic) bond motifs is 1. The second-order valence-corrected chi connectivity index (χ2v) is 8.95. The number of ether oxygens (including phenoxy) is 4. The van der Waals surface area contributed by atoms with Gasteiger partial charge in [0, 0.05) is 32.2 Å². The molecular weight excluding hydrogens is 438 g/mol. The van der Waals surface area contributed by atoms with E-state index in [4.69, 9.17) is 18.9 Å². The van der Waals surface area contributed by atoms with Gasteiger partial charge < -0.3 is 24.3 Å². The average molecular weight is 468 g/mol. The van der Waals surface area contributed by atoms with Crippen LogP contribution < -0.4 is 24.4 Å². The lowest BCUT2D eigenvalue weighted by Crippen LogP contribution is -2.53. The molecule has 1 atom stereocenters. The number of benzene rings is 2. The molecule has 2 amide bonds. The van der Waals surface area contributed by atoms with Crippen molar-refractivity contribution in [3.05, 3.63) is 48.0 Å². The molecule has 2 aromatic carbocycles. The normalized spacial score (nSPS) is 21.3. The summed E-state index contributed by atoms with van der Waals surface area (Å²) >= 11 is 0. The largest absolute Gasteiger partial charge is 0.497 e. The highest BCUT2D eigenvalue weighted by atomic mass is 16.7. The smallest absolute Gasteiger partial charge is 0.414 e. The maximum absolute atomic E-state index is 12.5. The minimum atomic E-state index is -0.467. The Labute approximate surface area is 198 Å². The summed E-state index contributed by atoms with van der Waals surface area (Å²) in [6, 6.07) is 13.3. The predicted molar refractivity (Wildman–Crippen MR) is 124 cm³/mol. The van der Waals surface area contributed by atoms with Crippen LogP contribution in [0.1, 0.15) is 25.3 Å². The molecule has 0 bridgehead atoms. The van der Waals surface area contributed by atoms with Gasteiger partial charge >= 0.3 is 6.09 Å². The molecular formula is C25H29N3O6. The molecule has 5 rings (SSSR count). The van der Waals surface area contributed by atoms with Gasteiger partial charge in [-0.25, -0.2) is 4.79 Å². The second-order valence-electron chi connectivity index (χ2n) is 8.95. The molecule has 0 aliphatic carbocycles. The van der Waals surface area contributed by atoms with Crippen molar-refractivity contribution < 1.29 is 28.5 Å². The summed E-state index contributed by atoms with van der Waals surface area (Å²) in [4.78, 5) is 28.5. The van der Waals surface area contributed by atoms with Crippen molar-refractivity contribution in [2.45, 2.75) is 31.4 Å². The Balaban J connectivity index is 1.23. The van der Waals surface area contributed by atoms with Crippen LogP contribution in [0.3, 0.4) is 0 Å². The Kier molecular flexibility index (Phi) is 5.95. The molecule has 3 aliphatic rings. The minimum absolute atomic E-state index is 0.0639. The van der Waals surface area contributed by atoms with E-state index in [0.717, 1.165) is 48.7 Å². The maximum Gasteiger partial charge on any atom is 0.414 e. The highest BCUT2D eigenvalue weighted by Gasteiger charge is 2.40. The van der Waals surface area contributed by atoms with Crippen LogP contribution in [-0.2, 0) is 15.1 Å². The van der Waals surface area contributed by atoms with Gasteiger partial charge in [0.15, 0.2) is 11.5 Å². The Morgan fingerprint density at radius 3 is 2.56 bits per heavy atom. The Hall–Kier alpha value is -3.46. The SMILES string of the molecule is COc1ccc(N2CC(CN3CCC(NC(C)=O)(c4ccc5c(c4)OCO5)CC3)OC2=O)cc1. The second kappa shape index (κ2) is 9.06. The number of anilines is 1. The van der Waals surface area contributed by atoms with Crippen molar-refractivity contribution in [1.82, 2.24) is 10.2 Å². The van der Waals surface area contributed by atoms with Crippen LogP contribution in [0.5, 0.6) is 17.2 Å². The molecule has 0 spiro atoms. The molecule has 3 aliphatic heterocycles. The molecule has 1 unspecified atom stereocenters. The van der Waals surface area contributed by atoms with Gasteiger partial charge in [0.05, 0.1) is 19.2 Å². The summed E-state index contributed by atoms with van der Waals surface area (Å²) in [5.74, 6) is 2.11. The summed E-state index contributed by atoms with van der Waals surface area (Å²) < 4.78 is 21.8. The van der Waals surface area contributed by atoms with Crippen LogP contribution in [0.4, 0.5) is 10.5 Å². The fourth-order valence-electron chi connectivity index (χ4n) is 5.01. The lowest BCUT2D eigenvalue weighted by molar-refractivity contribution is -0.121. The van der Waals surface area contributed by atoms with E-state index in [-0.39, 0.29) is 24.9 Å². The highest BCUT2D eigenvalue weighted by molar-refractivity contribution is 5.89. The van der Waals surface area contributed by atoms with Gasteiger partial charge in [-0.1, -0.05) is 6.07 Å². The molecule has 0 saturated carbocycles. The molecule has 34 heavy (non-hydrogen) atoms. The first-order valence-corrected chi connectivity index (χ1v) is 11.5. The van der Waals surface area contributed by atoms with E-state index < -0.39 is 5.54 Å². The van der Waals surface area contributed by atoms with Gasteiger partial charge in [0.2, 0.25) is 12.7 Å². The number of likely N-dealkylation sites (tertiary alicyclic amines) is 1. The van der Waals surface area contributed by atoms with Crippen molar-refractivity contribution in [1.29, 1.82) is 0 Å². The third-order valence-corrected chi connectivity index (χ3v) is 6.77. The molecule has 2 aromatic rings. The Bertz CT molecular complexity index is 1060. The first-order valence-electron chi connectivity index (χ1n) is 11.5. The van der Waals surface area contributed by atoms with E-state index in [1.807, 2.05) is 42.5 Å². The number of carbonyl (C=O) groups is 2. The summed E-state index contributed by atoms with van der Waals surface area (Å²) in [5, 5.41) is 3.20. The standard InChI is InChI=1S/C25H29N3O6/c1-17(29)26-25(18-3-8-22-23(13-18)33-16-32-22)9-11-27(12-10-25)14-21-15-28(24(30)34-21)19-4-6-20(31-2)7-5-19/h3-8,13,21H,9-12,14-16H2,1-2H3,(H,26,29). The molecule has 180 valence electrons. The Morgan fingerprint density at radius 2 is 1.85 bits per heavy atom. The van der Waals surface area contributed by atoms with Crippen molar-refractivity contribution in [3.8, 4) is 17.2 Å². The summed E-state index contributed by atoms with van der Waals surface area (Å²) in [5.41, 5.74) is 1.34. The van der Waals surface area contributed by atoms with Crippen molar-refractivity contribution in [3.63, 3.8) is 0 Å². The minimum Gasteiger partial charge on any atom is -0.497 e. The quantitative estimate of drug-likeness (QED) is 0.699. The highest BCUT2D eigenvalue weighted by Crippen LogP contribution is 2.40.